The first kappa shape index (κ1) is 11.5. The molecule has 0 spiro atoms. The topological polar surface area (TPSA) is 47.6 Å². The van der Waals surface area contributed by atoms with Gasteiger partial charge in [-0.2, -0.15) is 0 Å². The van der Waals surface area contributed by atoms with E-state index in [0.29, 0.717) is 12.1 Å². The van der Waals surface area contributed by atoms with E-state index >= 15 is 0 Å². The Kier molecular flexibility index (Phi) is 3.53. The van der Waals surface area contributed by atoms with Crippen LogP contribution in [0.25, 0.3) is 0 Å². The summed E-state index contributed by atoms with van der Waals surface area (Å²) in [4.78, 5) is 4.57. The van der Waals surface area contributed by atoms with Gasteiger partial charge in [0.25, 0.3) is 0 Å². The summed E-state index contributed by atoms with van der Waals surface area (Å²) in [5, 5.41) is 0. The van der Waals surface area contributed by atoms with Crippen molar-refractivity contribution in [2.75, 3.05) is 6.61 Å². The summed E-state index contributed by atoms with van der Waals surface area (Å²) in [6.07, 6.45) is 2.32. The van der Waals surface area contributed by atoms with Gasteiger partial charge < -0.3 is 10.5 Å². The van der Waals surface area contributed by atoms with Gasteiger partial charge in [-0.3, -0.25) is 4.99 Å². The normalized spacial score (nSPS) is 30.4. The number of nitrogens with two attached hydrogens (primary N) is 1. The summed E-state index contributed by atoms with van der Waals surface area (Å²) in [6, 6.07) is 0.359. The first-order valence-electron chi connectivity index (χ1n) is 5.35. The van der Waals surface area contributed by atoms with Gasteiger partial charge >= 0.3 is 0 Å². The Balaban J connectivity index is 2.58. The fraction of sp³-hybridized carbons (Fsp3) is 0.909. The number of hydrogen-bond donors (Lipinski definition) is 1. The monoisotopic (exact) mass is 198 g/mol. The molecule has 0 aromatic rings. The van der Waals surface area contributed by atoms with E-state index in [-0.39, 0.29) is 5.41 Å². The smallest absolute Gasteiger partial charge is 0.0994 e. The Morgan fingerprint density at radius 3 is 2.57 bits per heavy atom. The van der Waals surface area contributed by atoms with Crippen LogP contribution >= 0.6 is 0 Å². The lowest BCUT2D eigenvalue weighted by Crippen LogP contribution is -2.33. The molecular weight excluding hydrogens is 176 g/mol. The number of nitrogens with zero attached hydrogens (tertiary/aromatic N) is 1. The van der Waals surface area contributed by atoms with E-state index in [9.17, 15) is 0 Å². The van der Waals surface area contributed by atoms with E-state index in [4.69, 9.17) is 10.5 Å². The van der Waals surface area contributed by atoms with Crippen molar-refractivity contribution in [2.24, 2.45) is 16.1 Å². The molecule has 0 aliphatic carbocycles. The molecule has 2 atom stereocenters. The highest BCUT2D eigenvalue weighted by atomic mass is 16.5. The van der Waals surface area contributed by atoms with Crippen molar-refractivity contribution in [3.05, 3.63) is 0 Å². The number of aliphatic imine (C=N–C) groups is 1. The maximum atomic E-state index is 5.94. The zero-order valence-corrected chi connectivity index (χ0v) is 9.71. The summed E-state index contributed by atoms with van der Waals surface area (Å²) in [5.41, 5.74) is 5.92. The second-order valence-electron chi connectivity index (χ2n) is 5.12. The largest absolute Gasteiger partial charge is 0.387 e. The third kappa shape index (κ3) is 3.29. The van der Waals surface area contributed by atoms with Crippen LogP contribution in [0.4, 0.5) is 0 Å². The highest BCUT2D eigenvalue weighted by molar-refractivity contribution is 5.85. The molecule has 3 nitrogen and oxygen atoms in total. The molecule has 2 N–H and O–H groups in total. The molecule has 0 saturated carbocycles. The van der Waals surface area contributed by atoms with Crippen molar-refractivity contribution < 1.29 is 4.74 Å². The van der Waals surface area contributed by atoms with E-state index in [0.717, 1.165) is 25.3 Å². The quantitative estimate of drug-likeness (QED) is 0.517. The molecule has 1 fully saturated rings. The van der Waals surface area contributed by atoms with Gasteiger partial charge in [0.2, 0.25) is 0 Å². The molecule has 0 radical (unpaired) electrons. The predicted molar refractivity (Wildman–Crippen MR) is 59.5 cm³/mol. The van der Waals surface area contributed by atoms with Gasteiger partial charge in [0.05, 0.1) is 18.0 Å². The van der Waals surface area contributed by atoms with Crippen molar-refractivity contribution in [2.45, 2.75) is 52.7 Å². The number of hydrogen-bond acceptors (Lipinski definition) is 2. The molecule has 2 unspecified atom stereocenters. The van der Waals surface area contributed by atoms with Crippen molar-refractivity contribution in [3.8, 4) is 0 Å². The van der Waals surface area contributed by atoms with Crippen LogP contribution < -0.4 is 5.73 Å². The van der Waals surface area contributed by atoms with E-state index in [1.165, 1.54) is 0 Å². The second-order valence-corrected chi connectivity index (χ2v) is 5.12. The lowest BCUT2D eigenvalue weighted by molar-refractivity contribution is 0.0203. The summed E-state index contributed by atoms with van der Waals surface area (Å²) < 4.78 is 5.47. The van der Waals surface area contributed by atoms with Crippen molar-refractivity contribution in [3.63, 3.8) is 0 Å². The van der Waals surface area contributed by atoms with Gasteiger partial charge in [0, 0.05) is 12.0 Å². The van der Waals surface area contributed by atoms with E-state index in [1.807, 2.05) is 0 Å². The second kappa shape index (κ2) is 4.30. The standard InChI is InChI=1S/C11H22N2O/c1-8-7-9(5-6-14-8)13-10(12)11(2,3)4/h8-9H,5-7H2,1-4H3,(H2,12,13). The summed E-state index contributed by atoms with van der Waals surface area (Å²) in [7, 11) is 0. The fourth-order valence-electron chi connectivity index (χ4n) is 1.48. The third-order valence-electron chi connectivity index (χ3n) is 2.55. The van der Waals surface area contributed by atoms with Crippen LogP contribution in [0.3, 0.4) is 0 Å². The minimum Gasteiger partial charge on any atom is -0.387 e. The molecule has 1 aliphatic heterocycles. The zero-order valence-electron chi connectivity index (χ0n) is 9.71. The van der Waals surface area contributed by atoms with Crippen LogP contribution in [-0.2, 0) is 4.74 Å². The van der Waals surface area contributed by atoms with Gasteiger partial charge in [0.15, 0.2) is 0 Å². The third-order valence-corrected chi connectivity index (χ3v) is 2.55. The van der Waals surface area contributed by atoms with Gasteiger partial charge in [-0.15, -0.1) is 0 Å². The highest BCUT2D eigenvalue weighted by Crippen LogP contribution is 2.19. The van der Waals surface area contributed by atoms with Crippen LogP contribution in [0, 0.1) is 5.41 Å². The number of ether oxygens (including phenoxy) is 1. The molecule has 0 aromatic heterocycles. The average molecular weight is 198 g/mol. The lowest BCUT2D eigenvalue weighted by atomic mass is 9.94. The van der Waals surface area contributed by atoms with Crippen LogP contribution in [0.2, 0.25) is 0 Å². The van der Waals surface area contributed by atoms with E-state index in [1.54, 1.807) is 0 Å². The fourth-order valence-corrected chi connectivity index (χ4v) is 1.48. The lowest BCUT2D eigenvalue weighted by Gasteiger charge is -2.27. The Morgan fingerprint density at radius 2 is 2.07 bits per heavy atom. The van der Waals surface area contributed by atoms with Gasteiger partial charge in [0.1, 0.15) is 0 Å². The van der Waals surface area contributed by atoms with Gasteiger partial charge in [-0.25, -0.2) is 0 Å². The van der Waals surface area contributed by atoms with Crippen LogP contribution in [0.1, 0.15) is 40.5 Å². The Labute approximate surface area is 86.7 Å². The number of rotatable bonds is 1. The van der Waals surface area contributed by atoms with Crippen molar-refractivity contribution in [1.82, 2.24) is 0 Å². The SMILES string of the molecule is CC1CC(N=C(N)C(C)(C)C)CCO1. The van der Waals surface area contributed by atoms with Crippen LogP contribution in [-0.4, -0.2) is 24.6 Å². The molecule has 1 heterocycles. The molecule has 14 heavy (non-hydrogen) atoms. The molecule has 0 amide bonds. The van der Waals surface area contributed by atoms with E-state index in [2.05, 4.69) is 32.7 Å². The van der Waals surface area contributed by atoms with Crippen LogP contribution in [0.5, 0.6) is 0 Å². The minimum atomic E-state index is -0.0124. The first-order chi connectivity index (χ1) is 6.39. The Hall–Kier alpha value is -0.570. The molecule has 0 aromatic carbocycles. The van der Waals surface area contributed by atoms with Gasteiger partial charge in [-0.1, -0.05) is 20.8 Å². The van der Waals surface area contributed by atoms with Crippen LogP contribution in [0.15, 0.2) is 4.99 Å². The average Bonchev–Trinajstić information content (AvgIpc) is 2.02. The number of amidine groups is 1. The molecular formula is C11H22N2O. The summed E-state index contributed by atoms with van der Waals surface area (Å²) >= 11 is 0. The Bertz CT molecular complexity index is 218. The van der Waals surface area contributed by atoms with Gasteiger partial charge in [-0.05, 0) is 19.8 Å². The molecule has 0 bridgehead atoms. The maximum absolute atomic E-state index is 5.94. The Morgan fingerprint density at radius 1 is 1.43 bits per heavy atom. The maximum Gasteiger partial charge on any atom is 0.0994 e. The van der Waals surface area contributed by atoms with Crippen molar-refractivity contribution >= 4 is 5.84 Å². The predicted octanol–water partition coefficient (Wildman–Crippen LogP) is 1.96. The summed E-state index contributed by atoms with van der Waals surface area (Å²) in [5.74, 6) is 0.761. The first-order valence-corrected chi connectivity index (χ1v) is 5.35. The molecule has 1 aliphatic rings. The minimum absolute atomic E-state index is 0.0124. The molecule has 3 heteroatoms. The summed E-state index contributed by atoms with van der Waals surface area (Å²) in [6.45, 7) is 9.18. The van der Waals surface area contributed by atoms with Crippen molar-refractivity contribution in [1.29, 1.82) is 0 Å². The zero-order chi connectivity index (χ0) is 10.8. The van der Waals surface area contributed by atoms with E-state index < -0.39 is 0 Å². The molecule has 1 saturated heterocycles. The highest BCUT2D eigenvalue weighted by Gasteiger charge is 2.22. The molecule has 1 rings (SSSR count). The molecule has 82 valence electrons.